The van der Waals surface area contributed by atoms with Crippen LogP contribution >= 0.6 is 0 Å². The van der Waals surface area contributed by atoms with Crippen LogP contribution < -0.4 is 21.9 Å². The topological polar surface area (TPSA) is 12.8 Å². The standard InChI is InChI=1S/C24H20B.C4H8O/c1-5-13-21(14-6-1)25(22-15-7-2-8-16-22,23-17-9-3-10-18-23)24-19-11-4-12-20-24;1-2-4-5-3-1/h1-20H;1-4H2/q-1;/p+1. The molecule has 1 saturated heterocycles. The van der Waals surface area contributed by atoms with Crippen LogP contribution in [0.15, 0.2) is 121 Å². The molecule has 1 heterocycles. The first kappa shape index (κ1) is 20.2. The number of aliphatic hydroxyl groups is 2. The summed E-state index contributed by atoms with van der Waals surface area (Å²) in [7, 11) is 0. The lowest BCUT2D eigenvalue weighted by Gasteiger charge is -2.44. The fourth-order valence-electron chi connectivity index (χ4n) is 4.68. The van der Waals surface area contributed by atoms with Gasteiger partial charge in [-0.3, -0.25) is 0 Å². The SMILES string of the molecule is C1CC[OH+]C1.c1ccc([B-](c2ccccc2)(c2ccccc2)c2ccccc2)cc1. The Hall–Kier alpha value is -3.10. The zero-order chi connectivity index (χ0) is 20.5. The van der Waals surface area contributed by atoms with E-state index in [0.717, 1.165) is 13.2 Å². The second-order valence-electron chi connectivity index (χ2n) is 7.89. The van der Waals surface area contributed by atoms with Gasteiger partial charge in [0.25, 0.3) is 0 Å². The van der Waals surface area contributed by atoms with Gasteiger partial charge in [-0.05, 0) is 0 Å². The fourth-order valence-corrected chi connectivity index (χ4v) is 4.68. The minimum atomic E-state index is -1.22. The van der Waals surface area contributed by atoms with Crippen molar-refractivity contribution in [3.8, 4) is 0 Å². The Morgan fingerprint density at radius 2 is 0.667 bits per heavy atom. The summed E-state index contributed by atoms with van der Waals surface area (Å²) in [5.74, 6) is 0. The third-order valence-corrected chi connectivity index (χ3v) is 6.08. The van der Waals surface area contributed by atoms with Crippen molar-refractivity contribution in [1.82, 2.24) is 0 Å². The maximum absolute atomic E-state index is 4.08. The van der Waals surface area contributed by atoms with E-state index in [0.29, 0.717) is 0 Å². The first-order valence-electron chi connectivity index (χ1n) is 10.9. The van der Waals surface area contributed by atoms with Crippen LogP contribution in [0.2, 0.25) is 0 Å². The van der Waals surface area contributed by atoms with E-state index in [-0.39, 0.29) is 0 Å². The van der Waals surface area contributed by atoms with Gasteiger partial charge in [-0.15, -0.1) is 0 Å². The van der Waals surface area contributed by atoms with Gasteiger partial charge >= 0.3 is 0 Å². The predicted molar refractivity (Wildman–Crippen MR) is 131 cm³/mol. The van der Waals surface area contributed by atoms with E-state index in [2.05, 4.69) is 126 Å². The zero-order valence-corrected chi connectivity index (χ0v) is 17.4. The lowest BCUT2D eigenvalue weighted by Crippen LogP contribution is -2.74. The van der Waals surface area contributed by atoms with Gasteiger partial charge < -0.3 is 4.74 Å². The summed E-state index contributed by atoms with van der Waals surface area (Å²) in [6, 6.07) is 43.5. The monoisotopic (exact) mass is 392 g/mol. The third kappa shape index (κ3) is 4.24. The molecular weight excluding hydrogens is 363 g/mol. The van der Waals surface area contributed by atoms with Crippen molar-refractivity contribution in [2.45, 2.75) is 12.8 Å². The van der Waals surface area contributed by atoms with E-state index in [1.807, 2.05) is 0 Å². The number of ether oxygens (including phenoxy) is 1. The van der Waals surface area contributed by atoms with E-state index in [1.54, 1.807) is 0 Å². The molecule has 0 saturated carbocycles. The summed E-state index contributed by atoms with van der Waals surface area (Å²) in [5, 5.41) is 0. The first-order chi connectivity index (χ1) is 14.9. The van der Waals surface area contributed by atoms with Crippen LogP contribution in [0.25, 0.3) is 0 Å². The molecule has 1 nitrogen and oxygen atoms in total. The number of hydrogen-bond acceptors (Lipinski definition) is 0. The van der Waals surface area contributed by atoms with Crippen LogP contribution in [-0.4, -0.2) is 24.1 Å². The van der Waals surface area contributed by atoms with E-state index in [9.17, 15) is 0 Å². The second-order valence-corrected chi connectivity index (χ2v) is 7.89. The smallest absolute Gasteiger partial charge is 0.145 e. The molecule has 30 heavy (non-hydrogen) atoms. The normalized spacial score (nSPS) is 13.3. The van der Waals surface area contributed by atoms with Crippen LogP contribution in [0.3, 0.4) is 0 Å². The van der Waals surface area contributed by atoms with Crippen LogP contribution in [0, 0.1) is 0 Å². The highest BCUT2D eigenvalue weighted by Gasteiger charge is 2.30. The summed E-state index contributed by atoms with van der Waals surface area (Å²) in [4.78, 5) is 0. The lowest BCUT2D eigenvalue weighted by atomic mass is 9.13. The third-order valence-electron chi connectivity index (χ3n) is 6.08. The van der Waals surface area contributed by atoms with Crippen molar-refractivity contribution in [3.63, 3.8) is 0 Å². The van der Waals surface area contributed by atoms with Gasteiger partial charge in [0.2, 0.25) is 0 Å². The zero-order valence-electron chi connectivity index (χ0n) is 17.4. The Morgan fingerprint density at radius 1 is 0.400 bits per heavy atom. The van der Waals surface area contributed by atoms with Crippen molar-refractivity contribution < 1.29 is 4.74 Å². The highest BCUT2D eigenvalue weighted by atomic mass is 16.5. The van der Waals surface area contributed by atoms with Gasteiger partial charge in [-0.2, -0.15) is 21.9 Å². The quantitative estimate of drug-likeness (QED) is 0.373. The summed E-state index contributed by atoms with van der Waals surface area (Å²) in [6.07, 6.45) is 1.45. The Balaban J connectivity index is 0.000000383. The summed E-state index contributed by atoms with van der Waals surface area (Å²) in [5.41, 5.74) is 5.36. The number of benzene rings is 4. The molecule has 0 atom stereocenters. The Labute approximate surface area is 180 Å². The molecule has 5 rings (SSSR count). The molecule has 4 aromatic carbocycles. The van der Waals surface area contributed by atoms with E-state index in [4.69, 9.17) is 0 Å². The predicted octanol–water partition coefficient (Wildman–Crippen LogP) is 3.37. The Kier molecular flexibility index (Phi) is 6.79. The van der Waals surface area contributed by atoms with Crippen molar-refractivity contribution in [2.75, 3.05) is 13.2 Å². The maximum Gasteiger partial charge on any atom is 0.145 e. The molecule has 1 aliphatic rings. The largest absolute Gasteiger partial charge is 0.434 e. The number of hydrogen-bond donors (Lipinski definition) is 0. The highest BCUT2D eigenvalue weighted by Crippen LogP contribution is 2.09. The van der Waals surface area contributed by atoms with Crippen LogP contribution in [0.1, 0.15) is 12.8 Å². The average molecular weight is 392 g/mol. The van der Waals surface area contributed by atoms with E-state index < -0.39 is 6.15 Å². The van der Waals surface area contributed by atoms with Crippen LogP contribution in [0.4, 0.5) is 0 Å². The van der Waals surface area contributed by atoms with E-state index in [1.165, 1.54) is 34.7 Å². The van der Waals surface area contributed by atoms with E-state index >= 15 is 0 Å². The second kappa shape index (κ2) is 10.1. The maximum atomic E-state index is 4.08. The van der Waals surface area contributed by atoms with Gasteiger partial charge in [0.15, 0.2) is 0 Å². The molecule has 0 aliphatic carbocycles. The van der Waals surface area contributed by atoms with Crippen molar-refractivity contribution in [2.24, 2.45) is 0 Å². The molecular formula is C28H29BO. The molecule has 1 N–H and O–H groups in total. The summed E-state index contributed by atoms with van der Waals surface area (Å²) >= 11 is 0. The molecule has 1 fully saturated rings. The van der Waals surface area contributed by atoms with Crippen molar-refractivity contribution >= 4 is 28.0 Å². The molecule has 0 bridgehead atoms. The Morgan fingerprint density at radius 3 is 0.867 bits per heavy atom. The van der Waals surface area contributed by atoms with Crippen LogP contribution in [-0.2, 0) is 0 Å². The molecule has 1 aliphatic heterocycles. The van der Waals surface area contributed by atoms with Gasteiger partial charge in [0.05, 0.1) is 0 Å². The van der Waals surface area contributed by atoms with Crippen molar-refractivity contribution in [1.29, 1.82) is 0 Å². The minimum Gasteiger partial charge on any atom is -0.434 e. The fraction of sp³-hybridized carbons (Fsp3) is 0.143. The van der Waals surface area contributed by atoms with Crippen molar-refractivity contribution in [3.05, 3.63) is 121 Å². The molecule has 2 heteroatoms. The summed E-state index contributed by atoms with van der Waals surface area (Å²) in [6.45, 7) is 2.25. The van der Waals surface area contributed by atoms with Crippen LogP contribution in [0.5, 0.6) is 0 Å². The molecule has 0 unspecified atom stereocenters. The first-order valence-corrected chi connectivity index (χ1v) is 10.9. The Bertz CT molecular complexity index is 826. The molecule has 150 valence electrons. The summed E-state index contributed by atoms with van der Waals surface area (Å²) < 4.78 is 4.08. The van der Waals surface area contributed by atoms with Gasteiger partial charge in [0.1, 0.15) is 19.4 Å². The minimum absolute atomic E-state index is 1.12. The average Bonchev–Trinajstić information content (AvgIpc) is 3.43. The lowest BCUT2D eigenvalue weighted by molar-refractivity contribution is 0.0102. The number of rotatable bonds is 4. The van der Waals surface area contributed by atoms with Gasteiger partial charge in [-0.1, -0.05) is 121 Å². The molecule has 0 spiro atoms. The van der Waals surface area contributed by atoms with Gasteiger partial charge in [-0.25, -0.2) is 0 Å². The molecule has 0 amide bonds. The molecule has 0 radical (unpaired) electrons. The van der Waals surface area contributed by atoms with Gasteiger partial charge in [0, 0.05) is 12.8 Å². The highest BCUT2D eigenvalue weighted by molar-refractivity contribution is 7.19. The molecule has 4 aromatic rings. The molecule has 0 aromatic heterocycles.